The average Bonchev–Trinajstić information content (AvgIpc) is 2.27. The van der Waals surface area contributed by atoms with E-state index in [0.29, 0.717) is 5.69 Å². The first-order chi connectivity index (χ1) is 8.40. The van der Waals surface area contributed by atoms with Crippen molar-refractivity contribution < 1.29 is 14.0 Å². The fraction of sp³-hybridized carbons (Fsp3) is 0.333. The highest BCUT2D eigenvalue weighted by Crippen LogP contribution is 2.09. The van der Waals surface area contributed by atoms with E-state index in [4.69, 9.17) is 5.73 Å². The van der Waals surface area contributed by atoms with E-state index < -0.39 is 17.8 Å². The number of rotatable bonds is 5. The summed E-state index contributed by atoms with van der Waals surface area (Å²) in [4.78, 5) is 24.1. The Morgan fingerprint density at radius 1 is 1.50 bits per heavy atom. The third-order valence-corrected chi connectivity index (χ3v) is 2.57. The summed E-state index contributed by atoms with van der Waals surface area (Å²) in [7, 11) is 1.61. The second kappa shape index (κ2) is 6.11. The molecule has 0 aliphatic rings. The van der Waals surface area contributed by atoms with Crippen molar-refractivity contribution in [3.05, 3.63) is 30.1 Å². The number of carbonyl (C=O) groups is 2. The smallest absolute Gasteiger partial charge is 0.238 e. The summed E-state index contributed by atoms with van der Waals surface area (Å²) in [5, 5.41) is 2.53. The van der Waals surface area contributed by atoms with Crippen molar-refractivity contribution in [1.29, 1.82) is 0 Å². The zero-order chi connectivity index (χ0) is 13.7. The minimum atomic E-state index is -0.539. The molecule has 0 radical (unpaired) electrons. The molecule has 3 N–H and O–H groups in total. The molecule has 0 saturated heterocycles. The Morgan fingerprint density at radius 2 is 2.17 bits per heavy atom. The number of anilines is 1. The fourth-order valence-corrected chi connectivity index (χ4v) is 1.35. The van der Waals surface area contributed by atoms with Gasteiger partial charge in [0.2, 0.25) is 11.8 Å². The topological polar surface area (TPSA) is 75.4 Å². The second-order valence-corrected chi connectivity index (χ2v) is 4.05. The molecule has 0 aromatic heterocycles. The van der Waals surface area contributed by atoms with Crippen molar-refractivity contribution in [1.82, 2.24) is 4.90 Å². The van der Waals surface area contributed by atoms with Gasteiger partial charge in [0, 0.05) is 5.69 Å². The highest BCUT2D eigenvalue weighted by Gasteiger charge is 2.17. The Bertz CT molecular complexity index is 451. The third-order valence-electron chi connectivity index (χ3n) is 2.57. The van der Waals surface area contributed by atoms with Crippen LogP contribution in [0.15, 0.2) is 24.3 Å². The number of halogens is 1. The highest BCUT2D eigenvalue weighted by atomic mass is 19.1. The Kier molecular flexibility index (Phi) is 4.79. The van der Waals surface area contributed by atoms with Gasteiger partial charge in [-0.25, -0.2) is 4.39 Å². The van der Waals surface area contributed by atoms with Gasteiger partial charge in [0.25, 0.3) is 0 Å². The standard InChI is InChI=1S/C12H16FN3O2/c1-8(12(14)18)16(2)7-11(17)15-10-5-3-4-9(13)6-10/h3-6,8H,7H2,1-2H3,(H2,14,18)(H,15,17)/t8-/m0/s1. The number of benzene rings is 1. The van der Waals surface area contributed by atoms with Gasteiger partial charge < -0.3 is 11.1 Å². The summed E-state index contributed by atoms with van der Waals surface area (Å²) in [6.45, 7) is 1.61. The minimum Gasteiger partial charge on any atom is -0.368 e. The number of hydrogen-bond acceptors (Lipinski definition) is 3. The molecule has 1 rings (SSSR count). The Morgan fingerprint density at radius 3 is 2.72 bits per heavy atom. The van der Waals surface area contributed by atoms with Crippen LogP contribution in [-0.2, 0) is 9.59 Å². The van der Waals surface area contributed by atoms with E-state index in [2.05, 4.69) is 5.32 Å². The lowest BCUT2D eigenvalue weighted by Crippen LogP contribution is -2.43. The maximum Gasteiger partial charge on any atom is 0.238 e. The molecule has 6 heteroatoms. The van der Waals surface area contributed by atoms with Gasteiger partial charge in [0.05, 0.1) is 12.6 Å². The van der Waals surface area contributed by atoms with Crippen LogP contribution in [0.4, 0.5) is 10.1 Å². The van der Waals surface area contributed by atoms with Crippen LogP contribution in [0.3, 0.4) is 0 Å². The monoisotopic (exact) mass is 253 g/mol. The molecule has 0 fully saturated rings. The Labute approximate surface area is 105 Å². The number of nitrogens with two attached hydrogens (primary N) is 1. The zero-order valence-electron chi connectivity index (χ0n) is 10.3. The van der Waals surface area contributed by atoms with Gasteiger partial charge in [-0.15, -0.1) is 0 Å². The quantitative estimate of drug-likeness (QED) is 0.805. The predicted octanol–water partition coefficient (Wildman–Crippen LogP) is 0.570. The summed E-state index contributed by atoms with van der Waals surface area (Å²) in [5.74, 6) is -1.26. The van der Waals surface area contributed by atoms with Gasteiger partial charge in [-0.1, -0.05) is 6.07 Å². The van der Waals surface area contributed by atoms with Crippen LogP contribution in [0.5, 0.6) is 0 Å². The normalized spacial score (nSPS) is 12.2. The molecule has 2 amide bonds. The number of hydrogen-bond donors (Lipinski definition) is 2. The molecule has 0 spiro atoms. The molecule has 0 heterocycles. The number of primary amides is 1. The van der Waals surface area contributed by atoms with Gasteiger partial charge >= 0.3 is 0 Å². The van der Waals surface area contributed by atoms with Crippen molar-refractivity contribution in [3.63, 3.8) is 0 Å². The maximum atomic E-state index is 12.9. The third kappa shape index (κ3) is 4.14. The number of nitrogens with zero attached hydrogens (tertiary/aromatic N) is 1. The summed E-state index contributed by atoms with van der Waals surface area (Å²) < 4.78 is 12.9. The number of carbonyl (C=O) groups excluding carboxylic acids is 2. The second-order valence-electron chi connectivity index (χ2n) is 4.05. The van der Waals surface area contributed by atoms with Crippen LogP contribution in [0.2, 0.25) is 0 Å². The zero-order valence-corrected chi connectivity index (χ0v) is 10.3. The Balaban J connectivity index is 2.54. The van der Waals surface area contributed by atoms with Crippen molar-refractivity contribution in [3.8, 4) is 0 Å². The van der Waals surface area contributed by atoms with Crippen LogP contribution < -0.4 is 11.1 Å². The van der Waals surface area contributed by atoms with Crippen LogP contribution in [0.1, 0.15) is 6.92 Å². The van der Waals surface area contributed by atoms with Crippen molar-refractivity contribution >= 4 is 17.5 Å². The van der Waals surface area contributed by atoms with Crippen LogP contribution in [0.25, 0.3) is 0 Å². The van der Waals surface area contributed by atoms with E-state index in [9.17, 15) is 14.0 Å². The van der Waals surface area contributed by atoms with Crippen molar-refractivity contribution in [2.75, 3.05) is 18.9 Å². The lowest BCUT2D eigenvalue weighted by molar-refractivity contribution is -0.123. The molecule has 18 heavy (non-hydrogen) atoms. The average molecular weight is 253 g/mol. The molecule has 5 nitrogen and oxygen atoms in total. The van der Waals surface area contributed by atoms with Crippen LogP contribution >= 0.6 is 0 Å². The molecule has 0 saturated carbocycles. The summed E-state index contributed by atoms with van der Waals surface area (Å²) in [6, 6.07) is 5.05. The largest absolute Gasteiger partial charge is 0.368 e. The predicted molar refractivity (Wildman–Crippen MR) is 66.3 cm³/mol. The summed E-state index contributed by atoms with van der Waals surface area (Å²) in [6.07, 6.45) is 0. The molecule has 0 unspecified atom stereocenters. The number of nitrogens with one attached hydrogen (secondary N) is 1. The minimum absolute atomic E-state index is 0.000615. The number of likely N-dealkylation sites (N-methyl/N-ethyl adjacent to an activating group) is 1. The molecule has 1 atom stereocenters. The van der Waals surface area contributed by atoms with E-state index >= 15 is 0 Å². The highest BCUT2D eigenvalue weighted by molar-refractivity contribution is 5.92. The number of amides is 2. The van der Waals surface area contributed by atoms with E-state index in [1.165, 1.54) is 23.1 Å². The van der Waals surface area contributed by atoms with Crippen molar-refractivity contribution in [2.24, 2.45) is 5.73 Å². The molecule has 98 valence electrons. The lowest BCUT2D eigenvalue weighted by atomic mass is 10.2. The molecule has 0 bridgehead atoms. The molecular formula is C12H16FN3O2. The van der Waals surface area contributed by atoms with E-state index in [0.717, 1.165) is 0 Å². The van der Waals surface area contributed by atoms with Gasteiger partial charge in [-0.3, -0.25) is 14.5 Å². The van der Waals surface area contributed by atoms with E-state index in [1.54, 1.807) is 20.0 Å². The lowest BCUT2D eigenvalue weighted by Gasteiger charge is -2.21. The van der Waals surface area contributed by atoms with E-state index in [1.807, 2.05) is 0 Å². The van der Waals surface area contributed by atoms with E-state index in [-0.39, 0.29) is 12.5 Å². The van der Waals surface area contributed by atoms with Crippen LogP contribution in [-0.4, -0.2) is 36.3 Å². The molecular weight excluding hydrogens is 237 g/mol. The molecule has 1 aromatic carbocycles. The van der Waals surface area contributed by atoms with Gasteiger partial charge in [-0.2, -0.15) is 0 Å². The first-order valence-electron chi connectivity index (χ1n) is 5.45. The first-order valence-corrected chi connectivity index (χ1v) is 5.45. The van der Waals surface area contributed by atoms with Gasteiger partial charge in [-0.05, 0) is 32.2 Å². The summed E-state index contributed by atoms with van der Waals surface area (Å²) >= 11 is 0. The fourth-order valence-electron chi connectivity index (χ4n) is 1.35. The van der Waals surface area contributed by atoms with Gasteiger partial charge in [0.15, 0.2) is 0 Å². The SMILES string of the molecule is C[C@@H](C(N)=O)N(C)CC(=O)Nc1cccc(F)c1. The Hall–Kier alpha value is -1.95. The molecule has 0 aliphatic carbocycles. The maximum absolute atomic E-state index is 12.9. The van der Waals surface area contributed by atoms with Crippen LogP contribution in [0, 0.1) is 5.82 Å². The summed E-state index contributed by atoms with van der Waals surface area (Å²) in [5.41, 5.74) is 5.50. The van der Waals surface area contributed by atoms with Gasteiger partial charge in [0.1, 0.15) is 5.82 Å². The molecule has 1 aromatic rings. The first kappa shape index (κ1) is 14.1. The molecule has 0 aliphatic heterocycles. The van der Waals surface area contributed by atoms with Crippen molar-refractivity contribution in [2.45, 2.75) is 13.0 Å².